The average Bonchev–Trinajstić information content (AvgIpc) is 3.13. The highest BCUT2D eigenvalue weighted by atomic mass is 32.2. The van der Waals surface area contributed by atoms with Gasteiger partial charge in [0.05, 0.1) is 10.4 Å². The van der Waals surface area contributed by atoms with Gasteiger partial charge in [-0.25, -0.2) is 25.6 Å². The molecule has 0 amide bonds. The van der Waals surface area contributed by atoms with Crippen molar-refractivity contribution in [3.8, 4) is 0 Å². The van der Waals surface area contributed by atoms with Gasteiger partial charge in [-0.15, -0.1) is 0 Å². The maximum absolute atomic E-state index is 14.4. The second kappa shape index (κ2) is 8.44. The molecule has 4 rings (SSSR count). The first-order chi connectivity index (χ1) is 15.2. The summed E-state index contributed by atoms with van der Waals surface area (Å²) in [5.74, 6) is -2.46. The summed E-state index contributed by atoms with van der Waals surface area (Å²) in [6.07, 6.45) is 1.59. The summed E-state index contributed by atoms with van der Waals surface area (Å²) in [4.78, 5) is -0.178. The van der Waals surface area contributed by atoms with Gasteiger partial charge < -0.3 is 5.32 Å². The van der Waals surface area contributed by atoms with Gasteiger partial charge in [0.1, 0.15) is 5.82 Å². The van der Waals surface area contributed by atoms with Gasteiger partial charge in [-0.05, 0) is 60.5 Å². The Labute approximate surface area is 184 Å². The first kappa shape index (κ1) is 22.1. The zero-order valence-corrected chi connectivity index (χ0v) is 18.3. The lowest BCUT2D eigenvalue weighted by Crippen LogP contribution is -2.12. The Morgan fingerprint density at radius 3 is 2.44 bits per heavy atom. The predicted molar refractivity (Wildman–Crippen MR) is 118 cm³/mol. The lowest BCUT2D eigenvalue weighted by Gasteiger charge is -2.10. The van der Waals surface area contributed by atoms with E-state index in [2.05, 4.69) is 5.32 Å². The van der Waals surface area contributed by atoms with Gasteiger partial charge >= 0.3 is 0 Å². The van der Waals surface area contributed by atoms with Crippen molar-refractivity contribution >= 4 is 20.9 Å². The van der Waals surface area contributed by atoms with Crippen molar-refractivity contribution < 1.29 is 21.6 Å². The molecule has 4 nitrogen and oxygen atoms in total. The van der Waals surface area contributed by atoms with E-state index in [0.717, 1.165) is 15.6 Å². The molecule has 1 aromatic heterocycles. The van der Waals surface area contributed by atoms with Gasteiger partial charge in [0.2, 0.25) is 0 Å². The van der Waals surface area contributed by atoms with Gasteiger partial charge in [0, 0.05) is 24.5 Å². The Bertz CT molecular complexity index is 1430. The van der Waals surface area contributed by atoms with Crippen LogP contribution in [-0.2, 0) is 23.0 Å². The smallest absolute Gasteiger partial charge is 0.268 e. The summed E-state index contributed by atoms with van der Waals surface area (Å²) in [5, 5.41) is 3.70. The molecular formula is C24H21F3N2O2S. The average molecular weight is 459 g/mol. The predicted octanol–water partition coefficient (Wildman–Crippen LogP) is 4.91. The molecule has 0 aliphatic rings. The van der Waals surface area contributed by atoms with Crippen molar-refractivity contribution in [2.75, 3.05) is 7.05 Å². The number of fused-ring (bicyclic) bond motifs is 1. The minimum absolute atomic E-state index is 0.0888. The maximum atomic E-state index is 14.4. The van der Waals surface area contributed by atoms with Crippen LogP contribution < -0.4 is 5.32 Å². The number of aryl methyl sites for hydroxylation is 1. The van der Waals surface area contributed by atoms with E-state index >= 15 is 0 Å². The van der Waals surface area contributed by atoms with Gasteiger partial charge in [0.15, 0.2) is 11.6 Å². The zero-order chi connectivity index (χ0) is 23.0. The molecule has 1 heterocycles. The van der Waals surface area contributed by atoms with E-state index in [0.29, 0.717) is 23.0 Å². The number of rotatable bonds is 6. The first-order valence-corrected chi connectivity index (χ1v) is 11.4. The van der Waals surface area contributed by atoms with Crippen molar-refractivity contribution in [3.05, 3.63) is 100 Å². The number of aromatic nitrogens is 1. The monoisotopic (exact) mass is 458 g/mol. The van der Waals surface area contributed by atoms with Crippen LogP contribution in [0.1, 0.15) is 22.3 Å². The highest BCUT2D eigenvalue weighted by Crippen LogP contribution is 2.29. The van der Waals surface area contributed by atoms with Crippen LogP contribution in [0.15, 0.2) is 65.7 Å². The third kappa shape index (κ3) is 3.91. The van der Waals surface area contributed by atoms with E-state index in [-0.39, 0.29) is 22.4 Å². The molecule has 0 aliphatic carbocycles. The lowest BCUT2D eigenvalue weighted by atomic mass is 10.0. The highest BCUT2D eigenvalue weighted by molar-refractivity contribution is 7.90. The number of hydrogen-bond donors (Lipinski definition) is 1. The molecule has 0 bridgehead atoms. The molecule has 0 atom stereocenters. The summed E-state index contributed by atoms with van der Waals surface area (Å²) in [6.45, 7) is 1.90. The molecule has 0 fully saturated rings. The molecule has 0 saturated carbocycles. The molecule has 3 aromatic carbocycles. The molecule has 1 N–H and O–H groups in total. The largest absolute Gasteiger partial charge is 0.316 e. The Balaban J connectivity index is 1.86. The number of nitrogens with one attached hydrogen (secondary N) is 1. The molecule has 8 heteroatoms. The molecule has 0 spiro atoms. The Morgan fingerprint density at radius 2 is 1.72 bits per heavy atom. The van der Waals surface area contributed by atoms with Crippen molar-refractivity contribution in [3.63, 3.8) is 0 Å². The van der Waals surface area contributed by atoms with E-state index in [1.807, 2.05) is 0 Å². The van der Waals surface area contributed by atoms with Crippen LogP contribution in [0.25, 0.3) is 10.9 Å². The minimum atomic E-state index is -4.08. The number of halogens is 3. The number of nitrogens with zero attached hydrogens (tertiary/aromatic N) is 1. The molecule has 166 valence electrons. The highest BCUT2D eigenvalue weighted by Gasteiger charge is 2.22. The van der Waals surface area contributed by atoms with Crippen molar-refractivity contribution in [1.82, 2.24) is 9.29 Å². The molecule has 0 aliphatic heterocycles. The molecular weight excluding hydrogens is 437 g/mol. The Kier molecular flexibility index (Phi) is 5.83. The number of hydrogen-bond acceptors (Lipinski definition) is 3. The van der Waals surface area contributed by atoms with Crippen molar-refractivity contribution in [2.45, 2.75) is 24.8 Å². The van der Waals surface area contributed by atoms with E-state index < -0.39 is 27.5 Å². The third-order valence-electron chi connectivity index (χ3n) is 5.39. The fourth-order valence-corrected chi connectivity index (χ4v) is 5.15. The normalized spacial score (nSPS) is 11.9. The van der Waals surface area contributed by atoms with Gasteiger partial charge in [-0.3, -0.25) is 0 Å². The van der Waals surface area contributed by atoms with Crippen LogP contribution in [0.4, 0.5) is 13.2 Å². The summed E-state index contributed by atoms with van der Waals surface area (Å²) in [5.41, 5.74) is 2.12. The number of benzene rings is 3. The summed E-state index contributed by atoms with van der Waals surface area (Å²) >= 11 is 0. The Hall–Kier alpha value is -3.10. The maximum Gasteiger partial charge on any atom is 0.268 e. The second-order valence-corrected chi connectivity index (χ2v) is 9.46. The van der Waals surface area contributed by atoms with Crippen LogP contribution in [0, 0.1) is 24.4 Å². The third-order valence-corrected chi connectivity index (χ3v) is 7.06. The van der Waals surface area contributed by atoms with Gasteiger partial charge in [-0.2, -0.15) is 0 Å². The SMILES string of the molecule is CNCc1cn(S(=O)(=O)c2cccc(F)c2)c2cc(Cc3ccc(C)c(F)c3F)ccc12. The van der Waals surface area contributed by atoms with E-state index in [1.54, 1.807) is 25.2 Å². The molecule has 0 unspecified atom stereocenters. The van der Waals surface area contributed by atoms with Crippen LogP contribution in [-0.4, -0.2) is 19.4 Å². The zero-order valence-electron chi connectivity index (χ0n) is 17.5. The van der Waals surface area contributed by atoms with Crippen LogP contribution in [0.5, 0.6) is 0 Å². The fourth-order valence-electron chi connectivity index (χ4n) is 3.74. The summed E-state index contributed by atoms with van der Waals surface area (Å²) in [6, 6.07) is 13.0. The summed E-state index contributed by atoms with van der Waals surface area (Å²) < 4.78 is 69.8. The van der Waals surface area contributed by atoms with Crippen molar-refractivity contribution in [1.29, 1.82) is 0 Å². The molecule has 4 aromatic rings. The lowest BCUT2D eigenvalue weighted by molar-refractivity contribution is 0.495. The molecule has 32 heavy (non-hydrogen) atoms. The summed E-state index contributed by atoms with van der Waals surface area (Å²) in [7, 11) is -2.34. The van der Waals surface area contributed by atoms with E-state index in [4.69, 9.17) is 0 Å². The van der Waals surface area contributed by atoms with Crippen molar-refractivity contribution in [2.24, 2.45) is 0 Å². The van der Waals surface area contributed by atoms with Crippen LogP contribution >= 0.6 is 0 Å². The quantitative estimate of drug-likeness (QED) is 0.447. The Morgan fingerprint density at radius 1 is 0.938 bits per heavy atom. The van der Waals surface area contributed by atoms with Gasteiger partial charge in [-0.1, -0.05) is 30.3 Å². The van der Waals surface area contributed by atoms with Crippen LogP contribution in [0.3, 0.4) is 0 Å². The molecule has 0 saturated heterocycles. The minimum Gasteiger partial charge on any atom is -0.316 e. The first-order valence-electron chi connectivity index (χ1n) is 9.94. The standard InChI is InChI=1S/C24H21F3N2O2S/c1-15-6-8-17(24(27)23(15)26)10-16-7-9-21-18(13-28-2)14-29(22(21)11-16)32(30,31)20-5-3-4-19(25)12-20/h3-9,11-12,14,28H,10,13H2,1-2H3. The topological polar surface area (TPSA) is 51.1 Å². The van der Waals surface area contributed by atoms with E-state index in [1.165, 1.54) is 43.5 Å². The molecule has 0 radical (unpaired) electrons. The second-order valence-electron chi connectivity index (χ2n) is 7.64. The van der Waals surface area contributed by atoms with Gasteiger partial charge in [0.25, 0.3) is 10.0 Å². The fraction of sp³-hybridized carbons (Fsp3) is 0.167. The van der Waals surface area contributed by atoms with E-state index in [9.17, 15) is 21.6 Å². The van der Waals surface area contributed by atoms with Crippen LogP contribution in [0.2, 0.25) is 0 Å².